The first-order chi connectivity index (χ1) is 21.1. The number of aryl methyl sites for hydroxylation is 1. The standard InChI is InChI=1S/C32H36FN7O2S2/c1-21(18-39-12-14-40(15-13-39)44(41,42)25-9-11-29-30(17-25)43-22(2)37-29)36-32-27-7-5-6-26(31(27)34-20-35-32)23-8-10-28(33)24(16-23)19-38(3)4/h5-11,16-17,20-21H,12-15,18-19H2,1-4H3,(H,34,35,36). The minimum absolute atomic E-state index is 0.0504. The number of anilines is 1. The molecule has 2 aromatic heterocycles. The monoisotopic (exact) mass is 633 g/mol. The fourth-order valence-corrected chi connectivity index (χ4v) is 8.18. The Morgan fingerprint density at radius 1 is 1.05 bits per heavy atom. The van der Waals surface area contributed by atoms with Crippen molar-refractivity contribution in [1.82, 2.24) is 29.1 Å². The number of rotatable bonds is 9. The smallest absolute Gasteiger partial charge is 0.243 e. The van der Waals surface area contributed by atoms with E-state index in [0.717, 1.165) is 49.6 Å². The van der Waals surface area contributed by atoms with Crippen LogP contribution in [0.4, 0.5) is 10.2 Å². The van der Waals surface area contributed by atoms with E-state index in [1.165, 1.54) is 17.4 Å². The van der Waals surface area contributed by atoms with Crippen molar-refractivity contribution in [3.8, 4) is 11.1 Å². The highest BCUT2D eigenvalue weighted by molar-refractivity contribution is 7.89. The number of sulfonamides is 1. The molecule has 3 heterocycles. The van der Waals surface area contributed by atoms with Gasteiger partial charge in [-0.1, -0.05) is 18.2 Å². The lowest BCUT2D eigenvalue weighted by Crippen LogP contribution is -2.50. The van der Waals surface area contributed by atoms with Crippen molar-refractivity contribution in [1.29, 1.82) is 0 Å². The summed E-state index contributed by atoms with van der Waals surface area (Å²) in [5.74, 6) is 0.509. The maximum atomic E-state index is 14.5. The van der Waals surface area contributed by atoms with Gasteiger partial charge in [-0.15, -0.1) is 11.3 Å². The Kier molecular flexibility index (Phi) is 8.62. The van der Waals surface area contributed by atoms with Crippen LogP contribution < -0.4 is 5.32 Å². The second-order valence-corrected chi connectivity index (χ2v) is 14.8. The molecule has 44 heavy (non-hydrogen) atoms. The summed E-state index contributed by atoms with van der Waals surface area (Å²) in [4.78, 5) is 18.1. The first-order valence-corrected chi connectivity index (χ1v) is 16.9. The molecular formula is C32H36FN7O2S2. The van der Waals surface area contributed by atoms with E-state index in [4.69, 9.17) is 0 Å². The SMILES string of the molecule is Cc1nc2ccc(S(=O)(=O)N3CCN(CC(C)Nc4ncnc5c(-c6ccc(F)c(CN(C)C)c6)cccc45)CC3)cc2s1. The average Bonchev–Trinajstić information content (AvgIpc) is 3.37. The van der Waals surface area contributed by atoms with Crippen LogP contribution in [-0.2, 0) is 16.6 Å². The number of hydrogen-bond donors (Lipinski definition) is 1. The molecule has 1 aliphatic heterocycles. The van der Waals surface area contributed by atoms with Gasteiger partial charge in [0.2, 0.25) is 10.0 Å². The van der Waals surface area contributed by atoms with Crippen LogP contribution in [0.25, 0.3) is 32.2 Å². The number of thiazole rings is 1. The topological polar surface area (TPSA) is 94.6 Å². The van der Waals surface area contributed by atoms with E-state index < -0.39 is 10.0 Å². The van der Waals surface area contributed by atoms with Crippen LogP contribution in [0.2, 0.25) is 0 Å². The van der Waals surface area contributed by atoms with Gasteiger partial charge in [0.1, 0.15) is 18.0 Å². The third-order valence-electron chi connectivity index (χ3n) is 7.86. The van der Waals surface area contributed by atoms with Crippen LogP contribution in [0, 0.1) is 12.7 Å². The molecule has 6 rings (SSSR count). The number of nitrogens with one attached hydrogen (secondary N) is 1. The minimum atomic E-state index is -3.58. The summed E-state index contributed by atoms with van der Waals surface area (Å²) in [6.07, 6.45) is 1.56. The summed E-state index contributed by atoms with van der Waals surface area (Å²) in [5.41, 5.74) is 4.08. The summed E-state index contributed by atoms with van der Waals surface area (Å²) >= 11 is 1.51. The second kappa shape index (κ2) is 12.4. The van der Waals surface area contributed by atoms with E-state index in [1.807, 2.05) is 50.2 Å². The van der Waals surface area contributed by atoms with Gasteiger partial charge in [-0.25, -0.2) is 27.8 Å². The third-order valence-corrected chi connectivity index (χ3v) is 10.7. The average molecular weight is 634 g/mol. The van der Waals surface area contributed by atoms with Crippen molar-refractivity contribution >= 4 is 48.3 Å². The van der Waals surface area contributed by atoms with Crippen molar-refractivity contribution in [3.63, 3.8) is 0 Å². The fraction of sp³-hybridized carbons (Fsp3) is 0.344. The Bertz CT molecular complexity index is 1920. The molecule has 1 saturated heterocycles. The van der Waals surface area contributed by atoms with Gasteiger partial charge in [-0.2, -0.15) is 4.31 Å². The lowest BCUT2D eigenvalue weighted by Gasteiger charge is -2.35. The zero-order chi connectivity index (χ0) is 31.0. The zero-order valence-corrected chi connectivity index (χ0v) is 26.9. The number of fused-ring (bicyclic) bond motifs is 2. The van der Waals surface area contributed by atoms with Gasteiger partial charge in [0.05, 0.1) is 25.6 Å². The first kappa shape index (κ1) is 30.5. The number of benzene rings is 3. The number of hydrogen-bond acceptors (Lipinski definition) is 9. The van der Waals surface area contributed by atoms with Gasteiger partial charge in [0, 0.05) is 61.8 Å². The zero-order valence-electron chi connectivity index (χ0n) is 25.3. The molecular weight excluding hydrogens is 598 g/mol. The Morgan fingerprint density at radius 2 is 1.84 bits per heavy atom. The van der Waals surface area contributed by atoms with Crippen molar-refractivity contribution < 1.29 is 12.8 Å². The van der Waals surface area contributed by atoms with Gasteiger partial charge >= 0.3 is 0 Å². The van der Waals surface area contributed by atoms with E-state index in [-0.39, 0.29) is 11.9 Å². The molecule has 1 aliphatic rings. The molecule has 3 aromatic carbocycles. The van der Waals surface area contributed by atoms with Crippen molar-refractivity contribution in [2.24, 2.45) is 0 Å². The number of nitrogens with zero attached hydrogens (tertiary/aromatic N) is 6. The van der Waals surface area contributed by atoms with E-state index >= 15 is 0 Å². The van der Waals surface area contributed by atoms with Gasteiger partial charge in [0.25, 0.3) is 0 Å². The molecule has 0 amide bonds. The highest BCUT2D eigenvalue weighted by atomic mass is 32.2. The van der Waals surface area contributed by atoms with Crippen LogP contribution in [0.3, 0.4) is 0 Å². The van der Waals surface area contributed by atoms with E-state index in [2.05, 4.69) is 32.1 Å². The van der Waals surface area contributed by atoms with E-state index in [1.54, 1.807) is 34.9 Å². The summed E-state index contributed by atoms with van der Waals surface area (Å²) in [6.45, 7) is 7.41. The lowest BCUT2D eigenvalue weighted by molar-refractivity contribution is 0.184. The van der Waals surface area contributed by atoms with E-state index in [0.29, 0.717) is 43.2 Å². The largest absolute Gasteiger partial charge is 0.366 e. The highest BCUT2D eigenvalue weighted by Crippen LogP contribution is 2.32. The summed E-state index contributed by atoms with van der Waals surface area (Å²) in [5, 5.41) is 5.36. The molecule has 0 saturated carbocycles. The maximum absolute atomic E-state index is 14.5. The maximum Gasteiger partial charge on any atom is 0.243 e. The summed E-state index contributed by atoms with van der Waals surface area (Å²) in [6, 6.07) is 16.4. The first-order valence-electron chi connectivity index (χ1n) is 14.6. The minimum Gasteiger partial charge on any atom is -0.366 e. The van der Waals surface area contributed by atoms with Crippen LogP contribution in [0.15, 0.2) is 65.8 Å². The predicted octanol–water partition coefficient (Wildman–Crippen LogP) is 5.22. The van der Waals surface area contributed by atoms with E-state index in [9.17, 15) is 12.8 Å². The van der Waals surface area contributed by atoms with Crippen molar-refractivity contribution in [2.75, 3.05) is 52.1 Å². The molecule has 0 spiro atoms. The Labute approximate surface area is 261 Å². The van der Waals surface area contributed by atoms with Crippen LogP contribution in [-0.4, -0.2) is 90.3 Å². The molecule has 0 radical (unpaired) electrons. The molecule has 230 valence electrons. The molecule has 1 unspecified atom stereocenters. The third kappa shape index (κ3) is 6.31. The van der Waals surface area contributed by atoms with Crippen LogP contribution in [0.1, 0.15) is 17.5 Å². The Hall–Kier alpha value is -3.55. The molecule has 1 N–H and O–H groups in total. The van der Waals surface area contributed by atoms with Gasteiger partial charge in [-0.3, -0.25) is 4.90 Å². The van der Waals surface area contributed by atoms with Crippen molar-refractivity contribution in [3.05, 3.63) is 77.3 Å². The van der Waals surface area contributed by atoms with Gasteiger partial charge in [-0.05, 0) is 69.9 Å². The number of para-hydroxylation sites is 1. The lowest BCUT2D eigenvalue weighted by atomic mass is 9.99. The molecule has 9 nitrogen and oxygen atoms in total. The van der Waals surface area contributed by atoms with Gasteiger partial charge in [0.15, 0.2) is 0 Å². The molecule has 1 atom stereocenters. The quantitative estimate of drug-likeness (QED) is 0.236. The number of piperazine rings is 1. The van der Waals surface area contributed by atoms with Crippen LogP contribution in [0.5, 0.6) is 0 Å². The number of halogens is 1. The Morgan fingerprint density at radius 3 is 2.61 bits per heavy atom. The Balaban J connectivity index is 1.12. The predicted molar refractivity (Wildman–Crippen MR) is 175 cm³/mol. The molecule has 5 aromatic rings. The number of aromatic nitrogens is 3. The normalized spacial score (nSPS) is 15.8. The van der Waals surface area contributed by atoms with Crippen molar-refractivity contribution in [2.45, 2.75) is 31.3 Å². The highest BCUT2D eigenvalue weighted by Gasteiger charge is 2.29. The second-order valence-electron chi connectivity index (χ2n) is 11.6. The molecule has 0 aliphatic carbocycles. The fourth-order valence-electron chi connectivity index (χ4n) is 5.79. The summed E-state index contributed by atoms with van der Waals surface area (Å²) in [7, 11) is 0.263. The summed E-state index contributed by atoms with van der Waals surface area (Å²) < 4.78 is 43.7. The van der Waals surface area contributed by atoms with Gasteiger partial charge < -0.3 is 10.2 Å². The molecule has 12 heteroatoms. The molecule has 0 bridgehead atoms. The van der Waals surface area contributed by atoms with Crippen LogP contribution >= 0.6 is 11.3 Å². The molecule has 1 fully saturated rings.